The summed E-state index contributed by atoms with van der Waals surface area (Å²) in [4.78, 5) is 0.195. The van der Waals surface area contributed by atoms with Crippen LogP contribution in [0.5, 0.6) is 0 Å². The van der Waals surface area contributed by atoms with Crippen LogP contribution in [0, 0.1) is 0 Å². The van der Waals surface area contributed by atoms with Crippen LogP contribution in [0.25, 0.3) is 0 Å². The quantitative estimate of drug-likeness (QED) is 0.831. The minimum absolute atomic E-state index is 0.0721. The molecule has 0 saturated carbocycles. The molecule has 21 heavy (non-hydrogen) atoms. The summed E-state index contributed by atoms with van der Waals surface area (Å²) in [5.74, 6) is 0. The summed E-state index contributed by atoms with van der Waals surface area (Å²) in [5, 5.41) is 16.7. The summed E-state index contributed by atoms with van der Waals surface area (Å²) in [6.07, 6.45) is 2.12. The number of aliphatic hydroxyl groups excluding tert-OH is 1. The number of aromatic nitrogens is 2. The van der Waals surface area contributed by atoms with Gasteiger partial charge in [-0.2, -0.15) is 10.2 Å². The van der Waals surface area contributed by atoms with Gasteiger partial charge in [-0.25, -0.2) is 13.1 Å². The monoisotopic (exact) mass is 307 g/mol. The van der Waals surface area contributed by atoms with Gasteiger partial charge in [-0.1, -0.05) is 19.1 Å². The standard InChI is InChI=1S/C14H17N3O3S/c1-2-12-6-5-11(10-18)8-14(12)21(19,20)16-9-13-4-3-7-15-17-13/h3-8,16,18H,2,9-10H2,1H3. The Balaban J connectivity index is 2.26. The fourth-order valence-corrected chi connectivity index (χ4v) is 3.27. The third kappa shape index (κ3) is 3.84. The Hall–Kier alpha value is -1.83. The van der Waals surface area contributed by atoms with Crippen molar-refractivity contribution in [3.05, 3.63) is 53.3 Å². The molecule has 0 aliphatic rings. The number of hydrogen-bond donors (Lipinski definition) is 2. The number of sulfonamides is 1. The van der Waals surface area contributed by atoms with Gasteiger partial charge in [-0.15, -0.1) is 0 Å². The van der Waals surface area contributed by atoms with Crippen molar-refractivity contribution >= 4 is 10.0 Å². The molecule has 1 aromatic carbocycles. The third-order valence-corrected chi connectivity index (χ3v) is 4.54. The summed E-state index contributed by atoms with van der Waals surface area (Å²) < 4.78 is 27.3. The van der Waals surface area contributed by atoms with Gasteiger partial charge in [0.1, 0.15) is 0 Å². The first-order valence-corrected chi connectivity index (χ1v) is 8.04. The highest BCUT2D eigenvalue weighted by atomic mass is 32.2. The molecule has 1 heterocycles. The van der Waals surface area contributed by atoms with E-state index in [0.29, 0.717) is 23.2 Å². The molecule has 6 nitrogen and oxygen atoms in total. The molecule has 0 saturated heterocycles. The average molecular weight is 307 g/mol. The van der Waals surface area contributed by atoms with E-state index in [1.807, 2.05) is 6.92 Å². The smallest absolute Gasteiger partial charge is 0.241 e. The highest BCUT2D eigenvalue weighted by Gasteiger charge is 2.18. The topological polar surface area (TPSA) is 92.2 Å². The van der Waals surface area contributed by atoms with Crippen molar-refractivity contribution in [3.8, 4) is 0 Å². The van der Waals surface area contributed by atoms with Gasteiger partial charge in [0.25, 0.3) is 0 Å². The van der Waals surface area contributed by atoms with Gasteiger partial charge in [0, 0.05) is 6.20 Å². The normalized spacial score (nSPS) is 11.5. The van der Waals surface area contributed by atoms with Crippen molar-refractivity contribution < 1.29 is 13.5 Å². The number of hydrogen-bond acceptors (Lipinski definition) is 5. The van der Waals surface area contributed by atoms with Crippen LogP contribution in [0.4, 0.5) is 0 Å². The molecule has 1 aromatic heterocycles. The summed E-state index contributed by atoms with van der Waals surface area (Å²) in [7, 11) is -3.66. The van der Waals surface area contributed by atoms with Crippen molar-refractivity contribution in [1.29, 1.82) is 0 Å². The second-order valence-corrected chi connectivity index (χ2v) is 6.23. The highest BCUT2D eigenvalue weighted by molar-refractivity contribution is 7.89. The fourth-order valence-electron chi connectivity index (χ4n) is 1.91. The molecule has 0 amide bonds. The summed E-state index contributed by atoms with van der Waals surface area (Å²) in [6, 6.07) is 8.34. The first-order chi connectivity index (χ1) is 10.1. The largest absolute Gasteiger partial charge is 0.392 e. The Morgan fingerprint density at radius 2 is 2.10 bits per heavy atom. The van der Waals surface area contributed by atoms with Gasteiger partial charge >= 0.3 is 0 Å². The van der Waals surface area contributed by atoms with E-state index in [2.05, 4.69) is 14.9 Å². The number of nitrogens with zero attached hydrogens (tertiary/aromatic N) is 2. The zero-order valence-electron chi connectivity index (χ0n) is 11.7. The Labute approximate surface area is 123 Å². The fraction of sp³-hybridized carbons (Fsp3) is 0.286. The Bertz CT molecular complexity index is 703. The van der Waals surface area contributed by atoms with Crippen molar-refractivity contribution in [3.63, 3.8) is 0 Å². The maximum Gasteiger partial charge on any atom is 0.241 e. The van der Waals surface area contributed by atoms with Crippen LogP contribution in [0.2, 0.25) is 0 Å². The van der Waals surface area contributed by atoms with Crippen LogP contribution < -0.4 is 4.72 Å². The van der Waals surface area contributed by atoms with Gasteiger partial charge in [0.05, 0.1) is 23.7 Å². The Kier molecular flexibility index (Phi) is 5.00. The molecule has 0 atom stereocenters. The maximum atomic E-state index is 12.4. The van der Waals surface area contributed by atoms with Gasteiger partial charge in [-0.05, 0) is 35.7 Å². The third-order valence-electron chi connectivity index (χ3n) is 3.06. The van der Waals surface area contributed by atoms with Crippen LogP contribution in [0.15, 0.2) is 41.4 Å². The van der Waals surface area contributed by atoms with E-state index in [1.165, 1.54) is 12.3 Å². The molecule has 0 spiro atoms. The van der Waals surface area contributed by atoms with Crippen molar-refractivity contribution in [1.82, 2.24) is 14.9 Å². The van der Waals surface area contributed by atoms with E-state index >= 15 is 0 Å². The van der Waals surface area contributed by atoms with Crippen molar-refractivity contribution in [2.45, 2.75) is 31.4 Å². The predicted octanol–water partition coefficient (Wildman–Crippen LogP) is 1.01. The van der Waals surface area contributed by atoms with Crippen LogP contribution in [-0.2, 0) is 29.6 Å². The minimum Gasteiger partial charge on any atom is -0.392 e. The molecule has 0 fully saturated rings. The number of rotatable bonds is 6. The zero-order chi connectivity index (χ0) is 15.3. The predicted molar refractivity (Wildman–Crippen MR) is 77.8 cm³/mol. The molecule has 0 aliphatic heterocycles. The van der Waals surface area contributed by atoms with Crippen LogP contribution in [-0.4, -0.2) is 23.7 Å². The lowest BCUT2D eigenvalue weighted by Crippen LogP contribution is -2.25. The number of nitrogens with one attached hydrogen (secondary N) is 1. The second kappa shape index (κ2) is 6.75. The first-order valence-electron chi connectivity index (χ1n) is 6.55. The van der Waals surface area contributed by atoms with Gasteiger partial charge in [-0.3, -0.25) is 0 Å². The van der Waals surface area contributed by atoms with E-state index in [-0.39, 0.29) is 18.0 Å². The lowest BCUT2D eigenvalue weighted by molar-refractivity contribution is 0.281. The molecule has 2 aromatic rings. The first kappa shape index (κ1) is 15.6. The van der Waals surface area contributed by atoms with Crippen LogP contribution in [0.1, 0.15) is 23.7 Å². The van der Waals surface area contributed by atoms with E-state index in [4.69, 9.17) is 5.11 Å². The number of aliphatic hydroxyl groups is 1. The molecule has 112 valence electrons. The van der Waals surface area contributed by atoms with E-state index in [9.17, 15) is 8.42 Å². The molecule has 0 unspecified atom stereocenters. The lowest BCUT2D eigenvalue weighted by Gasteiger charge is -2.11. The number of aryl methyl sites for hydroxylation is 1. The SMILES string of the molecule is CCc1ccc(CO)cc1S(=O)(=O)NCc1cccnn1. The molecule has 0 bridgehead atoms. The van der Waals surface area contributed by atoms with Crippen LogP contribution in [0.3, 0.4) is 0 Å². The van der Waals surface area contributed by atoms with Gasteiger partial charge in [0.2, 0.25) is 10.0 Å². The molecule has 2 rings (SSSR count). The minimum atomic E-state index is -3.66. The van der Waals surface area contributed by atoms with Crippen LogP contribution >= 0.6 is 0 Å². The second-order valence-electron chi connectivity index (χ2n) is 4.49. The molecule has 7 heteroatoms. The Morgan fingerprint density at radius 1 is 1.29 bits per heavy atom. The highest BCUT2D eigenvalue weighted by Crippen LogP contribution is 2.19. The molecular formula is C14H17N3O3S. The van der Waals surface area contributed by atoms with E-state index in [0.717, 1.165) is 0 Å². The van der Waals surface area contributed by atoms with E-state index in [1.54, 1.807) is 24.3 Å². The average Bonchev–Trinajstić information content (AvgIpc) is 2.53. The maximum absolute atomic E-state index is 12.4. The zero-order valence-corrected chi connectivity index (χ0v) is 12.5. The molecule has 2 N–H and O–H groups in total. The van der Waals surface area contributed by atoms with Crippen molar-refractivity contribution in [2.24, 2.45) is 0 Å². The van der Waals surface area contributed by atoms with E-state index < -0.39 is 10.0 Å². The lowest BCUT2D eigenvalue weighted by atomic mass is 10.1. The molecule has 0 aliphatic carbocycles. The van der Waals surface area contributed by atoms with Gasteiger partial charge < -0.3 is 5.11 Å². The molecule has 0 radical (unpaired) electrons. The number of benzene rings is 1. The summed E-state index contributed by atoms with van der Waals surface area (Å²) in [5.41, 5.74) is 1.81. The van der Waals surface area contributed by atoms with Gasteiger partial charge in [0.15, 0.2) is 0 Å². The summed E-state index contributed by atoms with van der Waals surface area (Å²) in [6.45, 7) is 1.76. The van der Waals surface area contributed by atoms with Crippen molar-refractivity contribution in [2.75, 3.05) is 0 Å². The summed E-state index contributed by atoms with van der Waals surface area (Å²) >= 11 is 0. The molecular weight excluding hydrogens is 290 g/mol. The Morgan fingerprint density at radius 3 is 2.71 bits per heavy atom.